The Balaban J connectivity index is 1.75. The fourth-order valence-corrected chi connectivity index (χ4v) is 2.39. The third-order valence-electron chi connectivity index (χ3n) is 4.05. The van der Waals surface area contributed by atoms with Gasteiger partial charge >= 0.3 is 0 Å². The van der Waals surface area contributed by atoms with E-state index in [9.17, 15) is 5.11 Å². The third-order valence-corrected chi connectivity index (χ3v) is 4.05. The lowest BCUT2D eigenvalue weighted by molar-refractivity contribution is 0.0888. The van der Waals surface area contributed by atoms with Crippen molar-refractivity contribution in [1.82, 2.24) is 15.5 Å². The molecule has 160 valence electrons. The minimum atomic E-state index is -0.677. The van der Waals surface area contributed by atoms with E-state index < -0.39 is 6.10 Å². The van der Waals surface area contributed by atoms with Crippen molar-refractivity contribution in [2.45, 2.75) is 39.0 Å². The van der Waals surface area contributed by atoms with Gasteiger partial charge in [-0.2, -0.15) is 0 Å². The Morgan fingerprint density at radius 2 is 1.93 bits per heavy atom. The normalized spacial score (nSPS) is 12.4. The number of nitrogens with zero attached hydrogens (tertiary/aromatic N) is 2. The van der Waals surface area contributed by atoms with Crippen molar-refractivity contribution < 1.29 is 19.3 Å². The molecule has 0 fully saturated rings. The molecule has 2 rings (SSSR count). The van der Waals surface area contributed by atoms with E-state index in [1.807, 2.05) is 45.0 Å². The monoisotopic (exact) mass is 405 g/mol. The van der Waals surface area contributed by atoms with Gasteiger partial charge in [0, 0.05) is 30.3 Å². The number of nitrogen functional groups attached to an aromatic ring is 1. The summed E-state index contributed by atoms with van der Waals surface area (Å²) in [5.74, 6) is 6.83. The molecule has 0 spiro atoms. The quantitative estimate of drug-likeness (QED) is 0.290. The summed E-state index contributed by atoms with van der Waals surface area (Å²) in [5, 5.41) is 21.3. The van der Waals surface area contributed by atoms with Crippen molar-refractivity contribution in [3.8, 4) is 11.6 Å². The molecule has 1 aromatic carbocycles. The summed E-state index contributed by atoms with van der Waals surface area (Å²) in [6, 6.07) is 11.0. The fourth-order valence-electron chi connectivity index (χ4n) is 2.39. The molecule has 0 aliphatic rings. The minimum Gasteiger partial charge on any atom is -0.490 e. The van der Waals surface area contributed by atoms with E-state index in [1.54, 1.807) is 12.1 Å². The summed E-state index contributed by atoms with van der Waals surface area (Å²) in [6.45, 7) is 7.89. The zero-order valence-electron chi connectivity index (χ0n) is 17.2. The first-order valence-corrected chi connectivity index (χ1v) is 9.58. The SMILES string of the molecule is CCOCc1ccccc1OCC(O)CNC(C)(C)COc1ccc(NN)nn1. The predicted octanol–water partition coefficient (Wildman–Crippen LogP) is 1.49. The number of benzene rings is 1. The van der Waals surface area contributed by atoms with Gasteiger partial charge in [-0.3, -0.25) is 0 Å². The molecule has 29 heavy (non-hydrogen) atoms. The Hall–Kier alpha value is -2.46. The molecule has 0 bridgehead atoms. The molecule has 0 saturated carbocycles. The molecule has 0 aliphatic carbocycles. The minimum absolute atomic E-state index is 0.173. The highest BCUT2D eigenvalue weighted by molar-refractivity contribution is 5.33. The molecular formula is C20H31N5O4. The van der Waals surface area contributed by atoms with Crippen LogP contribution in [0.3, 0.4) is 0 Å². The molecule has 1 heterocycles. The first-order valence-electron chi connectivity index (χ1n) is 9.58. The lowest BCUT2D eigenvalue weighted by Crippen LogP contribution is -2.48. The van der Waals surface area contributed by atoms with E-state index >= 15 is 0 Å². The van der Waals surface area contributed by atoms with Gasteiger partial charge in [0.05, 0.1) is 6.61 Å². The van der Waals surface area contributed by atoms with E-state index in [1.165, 1.54) is 0 Å². The second kappa shape index (κ2) is 11.5. The van der Waals surface area contributed by atoms with Gasteiger partial charge in [-0.1, -0.05) is 18.2 Å². The van der Waals surface area contributed by atoms with Gasteiger partial charge in [0.15, 0.2) is 5.82 Å². The second-order valence-corrected chi connectivity index (χ2v) is 7.16. The second-order valence-electron chi connectivity index (χ2n) is 7.16. The van der Waals surface area contributed by atoms with E-state index in [-0.39, 0.29) is 12.1 Å². The number of hydrogen-bond donors (Lipinski definition) is 4. The maximum absolute atomic E-state index is 10.3. The number of β-amino-alcohol motifs (C(OH)–C–C–N with tert-alkyl or cyclic N) is 1. The van der Waals surface area contributed by atoms with E-state index in [0.29, 0.717) is 38.1 Å². The number of rotatable bonds is 13. The van der Waals surface area contributed by atoms with Crippen molar-refractivity contribution >= 4 is 5.82 Å². The van der Waals surface area contributed by atoms with Crippen LogP contribution < -0.4 is 26.1 Å². The number of aromatic nitrogens is 2. The number of hydrogen-bond acceptors (Lipinski definition) is 9. The summed E-state index contributed by atoms with van der Waals surface area (Å²) in [6.07, 6.45) is -0.677. The van der Waals surface area contributed by atoms with Crippen molar-refractivity contribution in [2.24, 2.45) is 5.84 Å². The van der Waals surface area contributed by atoms with Crippen LogP contribution in [0.4, 0.5) is 5.82 Å². The van der Waals surface area contributed by atoms with Gasteiger partial charge in [0.2, 0.25) is 5.88 Å². The van der Waals surface area contributed by atoms with E-state index in [4.69, 9.17) is 20.1 Å². The average molecular weight is 405 g/mol. The van der Waals surface area contributed by atoms with Gasteiger partial charge in [0.25, 0.3) is 0 Å². The lowest BCUT2D eigenvalue weighted by Gasteiger charge is -2.27. The average Bonchev–Trinajstić information content (AvgIpc) is 2.74. The van der Waals surface area contributed by atoms with Crippen LogP contribution in [0.1, 0.15) is 26.3 Å². The molecule has 5 N–H and O–H groups in total. The summed E-state index contributed by atoms with van der Waals surface area (Å²) in [7, 11) is 0. The molecule has 0 saturated heterocycles. The predicted molar refractivity (Wildman–Crippen MR) is 111 cm³/mol. The standard InChI is InChI=1S/C20H31N5O4/c1-4-27-12-15-7-5-6-8-17(15)28-13-16(26)11-22-20(2,3)14-29-19-10-9-18(23-21)24-25-19/h5-10,16,22,26H,4,11-14,21H2,1-3H3,(H,23,24). The smallest absolute Gasteiger partial charge is 0.233 e. The highest BCUT2D eigenvalue weighted by atomic mass is 16.5. The maximum Gasteiger partial charge on any atom is 0.233 e. The summed E-state index contributed by atoms with van der Waals surface area (Å²) in [5.41, 5.74) is 2.98. The first kappa shape index (κ1) is 22.8. The molecule has 2 aromatic rings. The number of nitrogens with one attached hydrogen (secondary N) is 2. The highest BCUT2D eigenvalue weighted by Crippen LogP contribution is 2.19. The molecule has 0 radical (unpaired) electrons. The zero-order valence-corrected chi connectivity index (χ0v) is 17.2. The number of hydrazine groups is 1. The van der Waals surface area contributed by atoms with E-state index in [0.717, 1.165) is 11.3 Å². The van der Waals surface area contributed by atoms with Crippen LogP contribution >= 0.6 is 0 Å². The van der Waals surface area contributed by atoms with Gasteiger partial charge in [-0.15, -0.1) is 10.2 Å². The van der Waals surface area contributed by atoms with Crippen LogP contribution in [-0.4, -0.2) is 53.3 Å². The van der Waals surface area contributed by atoms with Gasteiger partial charge < -0.3 is 30.1 Å². The summed E-state index contributed by atoms with van der Waals surface area (Å²) in [4.78, 5) is 0. The number of aliphatic hydroxyl groups is 1. The molecule has 9 nitrogen and oxygen atoms in total. The van der Waals surface area contributed by atoms with E-state index in [2.05, 4.69) is 20.9 Å². The van der Waals surface area contributed by atoms with Crippen LogP contribution in [0.5, 0.6) is 11.6 Å². The molecule has 1 atom stereocenters. The Kier molecular flexibility index (Phi) is 9.07. The maximum atomic E-state index is 10.3. The lowest BCUT2D eigenvalue weighted by atomic mass is 10.1. The zero-order chi connectivity index (χ0) is 21.1. The molecule has 1 unspecified atom stereocenters. The topological polar surface area (TPSA) is 124 Å². The third kappa shape index (κ3) is 8.20. The van der Waals surface area contributed by atoms with Crippen LogP contribution in [0.25, 0.3) is 0 Å². The van der Waals surface area contributed by atoms with Gasteiger partial charge in [-0.25, -0.2) is 5.84 Å². The number of nitrogens with two attached hydrogens (primary N) is 1. The molecule has 9 heteroatoms. The fraction of sp³-hybridized carbons (Fsp3) is 0.500. The molecule has 1 aromatic heterocycles. The van der Waals surface area contributed by atoms with Crippen molar-refractivity contribution in [3.63, 3.8) is 0 Å². The first-order chi connectivity index (χ1) is 13.9. The van der Waals surface area contributed by atoms with Crippen molar-refractivity contribution in [1.29, 1.82) is 0 Å². The molecule has 0 aliphatic heterocycles. The van der Waals surface area contributed by atoms with Crippen LogP contribution in [0.2, 0.25) is 0 Å². The molecular weight excluding hydrogens is 374 g/mol. The van der Waals surface area contributed by atoms with Crippen molar-refractivity contribution in [2.75, 3.05) is 31.8 Å². The number of aliphatic hydroxyl groups excluding tert-OH is 1. The number of para-hydroxylation sites is 1. The van der Waals surface area contributed by atoms with Crippen LogP contribution in [-0.2, 0) is 11.3 Å². The number of anilines is 1. The van der Waals surface area contributed by atoms with Crippen molar-refractivity contribution in [3.05, 3.63) is 42.0 Å². The Labute approximate surface area is 171 Å². The Morgan fingerprint density at radius 3 is 2.62 bits per heavy atom. The molecule has 0 amide bonds. The summed E-state index contributed by atoms with van der Waals surface area (Å²) >= 11 is 0. The van der Waals surface area contributed by atoms with Gasteiger partial charge in [-0.05, 0) is 32.9 Å². The number of ether oxygens (including phenoxy) is 3. The van der Waals surface area contributed by atoms with Crippen LogP contribution in [0, 0.1) is 0 Å². The largest absolute Gasteiger partial charge is 0.490 e. The van der Waals surface area contributed by atoms with Crippen LogP contribution in [0.15, 0.2) is 36.4 Å². The Bertz CT molecular complexity index is 727. The van der Waals surface area contributed by atoms with Gasteiger partial charge in [0.1, 0.15) is 25.1 Å². The highest BCUT2D eigenvalue weighted by Gasteiger charge is 2.20. The summed E-state index contributed by atoms with van der Waals surface area (Å²) < 4.78 is 16.9. The Morgan fingerprint density at radius 1 is 1.14 bits per heavy atom.